The van der Waals surface area contributed by atoms with Crippen molar-refractivity contribution in [2.45, 2.75) is 63.3 Å². The van der Waals surface area contributed by atoms with Gasteiger partial charge in [-0.05, 0) is 35.1 Å². The number of amides is 1. The molecular formula is C23H33N3O3S2. The number of pyridine rings is 1. The van der Waals surface area contributed by atoms with Gasteiger partial charge in [0.25, 0.3) is 0 Å². The summed E-state index contributed by atoms with van der Waals surface area (Å²) in [6.45, 7) is 12.9. The molecule has 0 saturated heterocycles. The second kappa shape index (κ2) is 11.1. The summed E-state index contributed by atoms with van der Waals surface area (Å²) in [6, 6.07) is 9.33. The molecule has 0 aliphatic carbocycles. The molecule has 6 nitrogen and oxygen atoms in total. The van der Waals surface area contributed by atoms with E-state index in [9.17, 15) is 13.2 Å². The van der Waals surface area contributed by atoms with Crippen LogP contribution >= 0.6 is 11.8 Å². The monoisotopic (exact) mass is 463 g/mol. The maximum atomic E-state index is 12.7. The Labute approximate surface area is 190 Å². The Kier molecular flexibility index (Phi) is 9.09. The third kappa shape index (κ3) is 6.30. The van der Waals surface area contributed by atoms with Crippen molar-refractivity contribution in [3.63, 3.8) is 0 Å². The number of aromatic nitrogens is 1. The van der Waals surface area contributed by atoms with Gasteiger partial charge in [0, 0.05) is 25.0 Å². The first-order valence-corrected chi connectivity index (χ1v) is 13.1. The van der Waals surface area contributed by atoms with Crippen molar-refractivity contribution in [2.75, 3.05) is 24.2 Å². The van der Waals surface area contributed by atoms with Gasteiger partial charge in [0.2, 0.25) is 15.9 Å². The van der Waals surface area contributed by atoms with Gasteiger partial charge in [-0.25, -0.2) is 13.4 Å². The van der Waals surface area contributed by atoms with Crippen LogP contribution < -0.4 is 5.32 Å². The fraction of sp³-hybridized carbons (Fsp3) is 0.478. The van der Waals surface area contributed by atoms with Gasteiger partial charge in [0.15, 0.2) is 0 Å². The predicted octanol–water partition coefficient (Wildman–Crippen LogP) is 5.09. The average Bonchev–Trinajstić information content (AvgIpc) is 2.73. The molecule has 0 aliphatic heterocycles. The fourth-order valence-corrected chi connectivity index (χ4v) is 5.37. The van der Waals surface area contributed by atoms with Gasteiger partial charge in [0.05, 0.1) is 10.8 Å². The summed E-state index contributed by atoms with van der Waals surface area (Å²) in [5.74, 6) is 0.674. The van der Waals surface area contributed by atoms with E-state index in [1.807, 2.05) is 6.07 Å². The van der Waals surface area contributed by atoms with Gasteiger partial charge in [-0.2, -0.15) is 4.31 Å². The molecule has 170 valence electrons. The molecule has 0 fully saturated rings. The van der Waals surface area contributed by atoms with Crippen molar-refractivity contribution in [1.29, 1.82) is 0 Å². The second-order valence-electron chi connectivity index (χ2n) is 7.88. The Hall–Kier alpha value is -1.90. The third-order valence-corrected chi connectivity index (χ3v) is 8.02. The van der Waals surface area contributed by atoms with Crippen LogP contribution in [0.25, 0.3) is 0 Å². The largest absolute Gasteiger partial charge is 0.325 e. The highest BCUT2D eigenvalue weighted by Crippen LogP contribution is 2.32. The van der Waals surface area contributed by atoms with Crippen LogP contribution in [0.1, 0.15) is 64.5 Å². The molecule has 0 aliphatic rings. The Morgan fingerprint density at radius 2 is 1.61 bits per heavy atom. The molecule has 0 radical (unpaired) electrons. The maximum absolute atomic E-state index is 12.7. The zero-order chi connectivity index (χ0) is 23.2. The molecule has 0 unspecified atom stereocenters. The zero-order valence-electron chi connectivity index (χ0n) is 19.2. The number of nitrogens with zero attached hydrogens (tertiary/aromatic N) is 2. The first-order valence-electron chi connectivity index (χ1n) is 10.6. The first kappa shape index (κ1) is 25.4. The Bertz CT molecular complexity index is 957. The van der Waals surface area contributed by atoms with Crippen molar-refractivity contribution in [3.05, 3.63) is 47.7 Å². The van der Waals surface area contributed by atoms with Crippen molar-refractivity contribution in [2.24, 2.45) is 0 Å². The summed E-state index contributed by atoms with van der Waals surface area (Å²) in [5.41, 5.74) is 3.13. The highest BCUT2D eigenvalue weighted by atomic mass is 32.2. The number of para-hydroxylation sites is 1. The molecule has 1 amide bonds. The van der Waals surface area contributed by atoms with E-state index in [2.05, 4.69) is 50.1 Å². The lowest BCUT2D eigenvalue weighted by molar-refractivity contribution is -0.113. The quantitative estimate of drug-likeness (QED) is 0.497. The van der Waals surface area contributed by atoms with E-state index in [0.717, 1.165) is 16.8 Å². The smallest absolute Gasteiger partial charge is 0.244 e. The minimum absolute atomic E-state index is 0.110. The van der Waals surface area contributed by atoms with E-state index in [1.54, 1.807) is 26.0 Å². The van der Waals surface area contributed by atoms with Gasteiger partial charge in [0.1, 0.15) is 4.90 Å². The number of hydrogen-bond acceptors (Lipinski definition) is 5. The second-order valence-corrected chi connectivity index (χ2v) is 10.8. The van der Waals surface area contributed by atoms with Gasteiger partial charge >= 0.3 is 0 Å². The summed E-state index contributed by atoms with van der Waals surface area (Å²) in [4.78, 5) is 17.1. The normalized spacial score (nSPS) is 12.0. The van der Waals surface area contributed by atoms with E-state index in [1.165, 1.54) is 22.3 Å². The van der Waals surface area contributed by atoms with Crippen LogP contribution in [0.2, 0.25) is 0 Å². The number of carbonyl (C=O) groups excluding carboxylic acids is 1. The molecule has 8 heteroatoms. The highest BCUT2D eigenvalue weighted by Gasteiger charge is 2.22. The lowest BCUT2D eigenvalue weighted by atomic mass is 9.92. The molecule has 2 rings (SSSR count). The number of sulfonamides is 1. The summed E-state index contributed by atoms with van der Waals surface area (Å²) in [6.07, 6.45) is 1.36. The topological polar surface area (TPSA) is 79.4 Å². The van der Waals surface area contributed by atoms with Crippen molar-refractivity contribution < 1.29 is 13.2 Å². The summed E-state index contributed by atoms with van der Waals surface area (Å²) < 4.78 is 26.5. The van der Waals surface area contributed by atoms with Gasteiger partial charge in [-0.1, -0.05) is 71.5 Å². The zero-order valence-corrected chi connectivity index (χ0v) is 20.8. The molecule has 2 aromatic rings. The number of rotatable bonds is 10. The van der Waals surface area contributed by atoms with Crippen molar-refractivity contribution >= 4 is 33.4 Å². The molecule has 1 heterocycles. The molecule has 0 bridgehead atoms. The molecule has 0 saturated carbocycles. The van der Waals surface area contributed by atoms with E-state index in [-0.39, 0.29) is 16.6 Å². The summed E-state index contributed by atoms with van der Waals surface area (Å²) >= 11 is 1.28. The third-order valence-electron chi connectivity index (χ3n) is 5.04. The number of thioether (sulfide) groups is 1. The Balaban J connectivity index is 2.09. The van der Waals surface area contributed by atoms with Gasteiger partial charge in [-0.15, -0.1) is 0 Å². The molecule has 31 heavy (non-hydrogen) atoms. The summed E-state index contributed by atoms with van der Waals surface area (Å²) in [5, 5.41) is 3.69. The Morgan fingerprint density at radius 3 is 2.06 bits per heavy atom. The number of nitrogens with one attached hydrogen (secondary N) is 1. The molecular weight excluding hydrogens is 430 g/mol. The van der Waals surface area contributed by atoms with E-state index in [4.69, 9.17) is 0 Å². The van der Waals surface area contributed by atoms with Gasteiger partial charge < -0.3 is 5.32 Å². The highest BCUT2D eigenvalue weighted by molar-refractivity contribution is 7.99. The van der Waals surface area contributed by atoms with Crippen LogP contribution in [-0.4, -0.2) is 42.5 Å². The maximum Gasteiger partial charge on any atom is 0.244 e. The number of anilines is 1. The number of carbonyl (C=O) groups is 1. The first-order chi connectivity index (χ1) is 14.6. The molecule has 0 spiro atoms. The van der Waals surface area contributed by atoms with Crippen LogP contribution in [-0.2, 0) is 14.8 Å². The van der Waals surface area contributed by atoms with E-state index >= 15 is 0 Å². The molecule has 1 aromatic heterocycles. The van der Waals surface area contributed by atoms with Crippen LogP contribution in [0.3, 0.4) is 0 Å². The van der Waals surface area contributed by atoms with E-state index in [0.29, 0.717) is 30.0 Å². The number of benzene rings is 1. The minimum atomic E-state index is -3.53. The van der Waals surface area contributed by atoms with Crippen LogP contribution in [0, 0.1) is 0 Å². The lowest BCUT2D eigenvalue weighted by Crippen LogP contribution is -2.30. The standard InChI is InChI=1S/C23H33N3O3S2/c1-7-26(8-2)31(28,29)18-12-13-22(24-14-18)30-15-21(27)25-23-19(16(3)4)10-9-11-20(23)17(5)6/h9-14,16-17H,7-8,15H2,1-6H3,(H,25,27). The van der Waals surface area contributed by atoms with Crippen LogP contribution in [0.15, 0.2) is 46.5 Å². The van der Waals surface area contributed by atoms with E-state index < -0.39 is 10.0 Å². The van der Waals surface area contributed by atoms with Crippen molar-refractivity contribution in [1.82, 2.24) is 9.29 Å². The number of hydrogen-bond donors (Lipinski definition) is 1. The van der Waals surface area contributed by atoms with Gasteiger partial charge in [-0.3, -0.25) is 4.79 Å². The molecule has 0 atom stereocenters. The fourth-order valence-electron chi connectivity index (χ4n) is 3.33. The van der Waals surface area contributed by atoms with Crippen LogP contribution in [0.5, 0.6) is 0 Å². The lowest BCUT2D eigenvalue weighted by Gasteiger charge is -2.20. The predicted molar refractivity (Wildman–Crippen MR) is 128 cm³/mol. The summed E-state index contributed by atoms with van der Waals surface area (Å²) in [7, 11) is -3.53. The SMILES string of the molecule is CCN(CC)S(=O)(=O)c1ccc(SCC(=O)Nc2c(C(C)C)cccc2C(C)C)nc1. The molecule has 1 aromatic carbocycles. The average molecular weight is 464 g/mol. The minimum Gasteiger partial charge on any atom is -0.325 e. The van der Waals surface area contributed by atoms with Crippen molar-refractivity contribution in [3.8, 4) is 0 Å². The Morgan fingerprint density at radius 1 is 1.03 bits per heavy atom. The van der Waals surface area contributed by atoms with Crippen LogP contribution in [0.4, 0.5) is 5.69 Å². The molecule has 1 N–H and O–H groups in total.